The van der Waals surface area contributed by atoms with Gasteiger partial charge in [0.05, 0.1) is 11.5 Å². The third-order valence-corrected chi connectivity index (χ3v) is 6.95. The predicted molar refractivity (Wildman–Crippen MR) is 108 cm³/mol. The molecule has 0 N–H and O–H groups in total. The van der Waals surface area contributed by atoms with Gasteiger partial charge in [0.25, 0.3) is 5.91 Å². The van der Waals surface area contributed by atoms with E-state index in [9.17, 15) is 13.2 Å². The Morgan fingerprint density at radius 2 is 1.64 bits per heavy atom. The van der Waals surface area contributed by atoms with Gasteiger partial charge in [-0.3, -0.25) is 4.79 Å². The molecule has 2 aromatic rings. The lowest BCUT2D eigenvalue weighted by Gasteiger charge is -2.34. The van der Waals surface area contributed by atoms with Crippen LogP contribution >= 0.6 is 0 Å². The minimum absolute atomic E-state index is 0.0911. The Hall–Kier alpha value is -2.38. The van der Waals surface area contributed by atoms with Crippen molar-refractivity contribution in [3.63, 3.8) is 0 Å². The van der Waals surface area contributed by atoms with Gasteiger partial charge in [-0.25, -0.2) is 8.42 Å². The number of benzene rings is 2. The van der Waals surface area contributed by atoms with E-state index in [2.05, 4.69) is 0 Å². The van der Waals surface area contributed by atoms with Gasteiger partial charge in [-0.1, -0.05) is 17.7 Å². The summed E-state index contributed by atoms with van der Waals surface area (Å²) in [7, 11) is -3.56. The van der Waals surface area contributed by atoms with Crippen LogP contribution in [0.4, 0.5) is 0 Å². The number of hydrogen-bond acceptors (Lipinski definition) is 4. The van der Waals surface area contributed by atoms with Gasteiger partial charge < -0.3 is 9.64 Å². The van der Waals surface area contributed by atoms with Crippen LogP contribution in [-0.4, -0.2) is 56.3 Å². The summed E-state index contributed by atoms with van der Waals surface area (Å²) in [5, 5.41) is 0. The Labute approximate surface area is 166 Å². The highest BCUT2D eigenvalue weighted by Gasteiger charge is 2.31. The summed E-state index contributed by atoms with van der Waals surface area (Å²) in [5.74, 6) is 0.634. The number of carbonyl (C=O) groups is 1. The zero-order chi connectivity index (χ0) is 20.3. The number of sulfonamides is 1. The van der Waals surface area contributed by atoms with Crippen LogP contribution in [0.5, 0.6) is 5.75 Å². The quantitative estimate of drug-likeness (QED) is 0.771. The van der Waals surface area contributed by atoms with Crippen LogP contribution in [0.1, 0.15) is 28.4 Å². The molecule has 28 heavy (non-hydrogen) atoms. The van der Waals surface area contributed by atoms with Crippen molar-refractivity contribution in [1.82, 2.24) is 9.21 Å². The van der Waals surface area contributed by atoms with Crippen molar-refractivity contribution < 1.29 is 17.9 Å². The molecule has 1 heterocycles. The van der Waals surface area contributed by atoms with Crippen LogP contribution < -0.4 is 4.74 Å². The first-order chi connectivity index (χ1) is 13.3. The number of ether oxygens (including phenoxy) is 1. The molecule has 7 heteroatoms. The highest BCUT2D eigenvalue weighted by molar-refractivity contribution is 7.89. The second kappa shape index (κ2) is 8.32. The number of nitrogens with zero attached hydrogens (tertiary/aromatic N) is 2. The first kappa shape index (κ1) is 20.4. The van der Waals surface area contributed by atoms with Gasteiger partial charge in [0.1, 0.15) is 5.75 Å². The molecule has 0 bridgehead atoms. The molecule has 0 unspecified atom stereocenters. The van der Waals surface area contributed by atoms with E-state index < -0.39 is 10.0 Å². The van der Waals surface area contributed by atoms with E-state index in [1.807, 2.05) is 32.9 Å². The molecule has 1 aliphatic heterocycles. The third kappa shape index (κ3) is 4.20. The van der Waals surface area contributed by atoms with E-state index in [0.29, 0.717) is 43.2 Å². The maximum absolute atomic E-state index is 13.0. The fourth-order valence-corrected chi connectivity index (χ4v) is 5.03. The molecule has 1 fully saturated rings. The van der Waals surface area contributed by atoms with E-state index in [1.54, 1.807) is 35.2 Å². The normalized spacial score (nSPS) is 15.5. The molecule has 1 saturated heterocycles. The Kier molecular flexibility index (Phi) is 6.05. The monoisotopic (exact) mass is 402 g/mol. The van der Waals surface area contributed by atoms with Crippen molar-refractivity contribution >= 4 is 15.9 Å². The lowest BCUT2D eigenvalue weighted by molar-refractivity contribution is 0.0698. The first-order valence-electron chi connectivity index (χ1n) is 9.42. The van der Waals surface area contributed by atoms with Gasteiger partial charge in [0, 0.05) is 31.7 Å². The maximum atomic E-state index is 13.0. The number of piperazine rings is 1. The Bertz CT molecular complexity index is 947. The molecule has 1 amide bonds. The minimum atomic E-state index is -3.56. The SMILES string of the molecule is CCOc1ccc(C(=O)N2CCN(S(=O)(=O)c3ccc(C)cc3C)CC2)cc1. The summed E-state index contributed by atoms with van der Waals surface area (Å²) in [4.78, 5) is 14.7. The van der Waals surface area contributed by atoms with Crippen molar-refractivity contribution in [2.45, 2.75) is 25.7 Å². The molecular formula is C21H26N2O4S. The maximum Gasteiger partial charge on any atom is 0.253 e. The van der Waals surface area contributed by atoms with Crippen molar-refractivity contribution in [2.75, 3.05) is 32.8 Å². The first-order valence-corrected chi connectivity index (χ1v) is 10.9. The van der Waals surface area contributed by atoms with Crippen molar-refractivity contribution in [1.29, 1.82) is 0 Å². The second-order valence-corrected chi connectivity index (χ2v) is 8.83. The predicted octanol–water partition coefficient (Wildman–Crippen LogP) is 2.85. The summed E-state index contributed by atoms with van der Waals surface area (Å²) >= 11 is 0. The van der Waals surface area contributed by atoms with Crippen molar-refractivity contribution in [3.05, 3.63) is 59.2 Å². The molecule has 0 aromatic heterocycles. The average Bonchev–Trinajstić information content (AvgIpc) is 2.68. The molecule has 0 radical (unpaired) electrons. The fraction of sp³-hybridized carbons (Fsp3) is 0.381. The van der Waals surface area contributed by atoms with E-state index in [-0.39, 0.29) is 5.91 Å². The molecule has 1 aliphatic rings. The van der Waals surface area contributed by atoms with Gasteiger partial charge in [0.15, 0.2) is 0 Å². The van der Waals surface area contributed by atoms with E-state index in [0.717, 1.165) is 16.9 Å². The summed E-state index contributed by atoms with van der Waals surface area (Å²) in [6.45, 7) is 7.55. The number of carbonyl (C=O) groups excluding carboxylic acids is 1. The number of amides is 1. The Morgan fingerprint density at radius 3 is 2.21 bits per heavy atom. The lowest BCUT2D eigenvalue weighted by atomic mass is 10.2. The highest BCUT2D eigenvalue weighted by atomic mass is 32.2. The molecule has 150 valence electrons. The number of hydrogen-bond donors (Lipinski definition) is 0. The van der Waals surface area contributed by atoms with E-state index >= 15 is 0 Å². The highest BCUT2D eigenvalue weighted by Crippen LogP contribution is 2.23. The van der Waals surface area contributed by atoms with Crippen LogP contribution in [0.25, 0.3) is 0 Å². The van der Waals surface area contributed by atoms with Gasteiger partial charge in [0.2, 0.25) is 10.0 Å². The zero-order valence-corrected chi connectivity index (χ0v) is 17.3. The third-order valence-electron chi connectivity index (χ3n) is 4.89. The summed E-state index contributed by atoms with van der Waals surface area (Å²) in [6.07, 6.45) is 0. The zero-order valence-electron chi connectivity index (χ0n) is 16.5. The van der Waals surface area contributed by atoms with Crippen molar-refractivity contribution in [2.24, 2.45) is 0 Å². The van der Waals surface area contributed by atoms with Crippen LogP contribution in [0.3, 0.4) is 0 Å². The van der Waals surface area contributed by atoms with Crippen LogP contribution in [0.15, 0.2) is 47.4 Å². The van der Waals surface area contributed by atoms with Gasteiger partial charge >= 0.3 is 0 Å². The smallest absolute Gasteiger partial charge is 0.253 e. The molecule has 3 rings (SSSR count). The van der Waals surface area contributed by atoms with Crippen molar-refractivity contribution in [3.8, 4) is 5.75 Å². The van der Waals surface area contributed by atoms with E-state index in [4.69, 9.17) is 4.74 Å². The second-order valence-electron chi connectivity index (χ2n) is 6.92. The standard InChI is InChI=1S/C21H26N2O4S/c1-4-27-19-8-6-18(7-9-19)21(24)22-11-13-23(14-12-22)28(25,26)20-10-5-16(2)15-17(20)3/h5-10,15H,4,11-14H2,1-3H3. The molecule has 6 nitrogen and oxygen atoms in total. The Morgan fingerprint density at radius 1 is 1.00 bits per heavy atom. The molecular weight excluding hydrogens is 376 g/mol. The topological polar surface area (TPSA) is 66.9 Å². The van der Waals surface area contributed by atoms with E-state index in [1.165, 1.54) is 4.31 Å². The van der Waals surface area contributed by atoms with Crippen LogP contribution in [-0.2, 0) is 10.0 Å². The van der Waals surface area contributed by atoms with Gasteiger partial charge in [-0.2, -0.15) is 4.31 Å². The summed E-state index contributed by atoms with van der Waals surface area (Å²) in [5.41, 5.74) is 2.35. The van der Waals surface area contributed by atoms with Gasteiger partial charge in [-0.05, 0) is 56.7 Å². The fourth-order valence-electron chi connectivity index (χ4n) is 3.40. The molecule has 0 aliphatic carbocycles. The largest absolute Gasteiger partial charge is 0.494 e. The number of rotatable bonds is 5. The minimum Gasteiger partial charge on any atom is -0.494 e. The molecule has 0 atom stereocenters. The van der Waals surface area contributed by atoms with Crippen LogP contribution in [0.2, 0.25) is 0 Å². The molecule has 0 spiro atoms. The summed E-state index contributed by atoms with van der Waals surface area (Å²) < 4.78 is 32.8. The Balaban J connectivity index is 1.67. The summed E-state index contributed by atoms with van der Waals surface area (Å²) in [6, 6.07) is 12.4. The van der Waals surface area contributed by atoms with Gasteiger partial charge in [-0.15, -0.1) is 0 Å². The number of aryl methyl sites for hydroxylation is 2. The lowest BCUT2D eigenvalue weighted by Crippen LogP contribution is -2.50. The molecule has 2 aromatic carbocycles. The van der Waals surface area contributed by atoms with Crippen LogP contribution in [0, 0.1) is 13.8 Å². The molecule has 0 saturated carbocycles. The average molecular weight is 403 g/mol.